The lowest BCUT2D eigenvalue weighted by Crippen LogP contribution is -2.19. The van der Waals surface area contributed by atoms with Gasteiger partial charge in [0.15, 0.2) is 5.58 Å². The molecule has 94 valence electrons. The van der Waals surface area contributed by atoms with E-state index in [1.807, 2.05) is 37.2 Å². The van der Waals surface area contributed by atoms with Gasteiger partial charge in [-0.15, -0.1) is 0 Å². The van der Waals surface area contributed by atoms with Crippen LogP contribution in [0.25, 0.3) is 11.1 Å². The van der Waals surface area contributed by atoms with E-state index in [9.17, 15) is 4.79 Å². The Kier molecular flexibility index (Phi) is 3.21. The molecule has 0 spiro atoms. The van der Waals surface area contributed by atoms with E-state index in [2.05, 4.69) is 6.07 Å². The molecule has 0 aliphatic carbocycles. The van der Waals surface area contributed by atoms with Crippen LogP contribution in [-0.2, 0) is 7.05 Å². The number of nitrogens with zero attached hydrogens (tertiary/aromatic N) is 3. The third kappa shape index (κ3) is 2.03. The molecular weight excluding hydrogens is 230 g/mol. The average molecular weight is 245 g/mol. The first-order chi connectivity index (χ1) is 8.54. The molecule has 0 bridgehead atoms. The van der Waals surface area contributed by atoms with Crippen molar-refractivity contribution in [1.29, 1.82) is 5.26 Å². The van der Waals surface area contributed by atoms with Crippen LogP contribution in [-0.4, -0.2) is 23.6 Å². The lowest BCUT2D eigenvalue weighted by atomic mass is 10.0. The smallest absolute Gasteiger partial charge is 0.408 e. The predicted octanol–water partition coefficient (Wildman–Crippen LogP) is 1.65. The standard InChI is InChI=1S/C13H15N3O2/c1-15(2)10(6-7-14)9-4-5-11-12(8-9)18-13(17)16(11)3/h4-5,8,10H,6H2,1-3H3. The van der Waals surface area contributed by atoms with Gasteiger partial charge in [0.2, 0.25) is 0 Å². The monoisotopic (exact) mass is 245 g/mol. The van der Waals surface area contributed by atoms with Gasteiger partial charge in [-0.3, -0.25) is 4.57 Å². The second-order valence-corrected chi connectivity index (χ2v) is 4.50. The molecule has 0 amide bonds. The van der Waals surface area contributed by atoms with Gasteiger partial charge in [0.05, 0.1) is 18.0 Å². The van der Waals surface area contributed by atoms with Crippen LogP contribution in [0.3, 0.4) is 0 Å². The topological polar surface area (TPSA) is 62.2 Å². The van der Waals surface area contributed by atoms with Gasteiger partial charge in [-0.1, -0.05) is 6.07 Å². The van der Waals surface area contributed by atoms with Crippen LogP contribution in [0, 0.1) is 11.3 Å². The van der Waals surface area contributed by atoms with Gasteiger partial charge in [-0.25, -0.2) is 4.79 Å². The third-order valence-electron chi connectivity index (χ3n) is 3.11. The van der Waals surface area contributed by atoms with E-state index < -0.39 is 0 Å². The molecular formula is C13H15N3O2. The Morgan fingerprint density at radius 2 is 2.22 bits per heavy atom. The summed E-state index contributed by atoms with van der Waals surface area (Å²) >= 11 is 0. The zero-order valence-corrected chi connectivity index (χ0v) is 10.7. The molecule has 18 heavy (non-hydrogen) atoms. The largest absolute Gasteiger partial charge is 0.419 e. The number of rotatable bonds is 3. The number of benzene rings is 1. The summed E-state index contributed by atoms with van der Waals surface area (Å²) in [6.07, 6.45) is 0.398. The van der Waals surface area contributed by atoms with Crippen LogP contribution < -0.4 is 5.76 Å². The molecule has 0 aliphatic heterocycles. The van der Waals surface area contributed by atoms with E-state index in [0.717, 1.165) is 11.1 Å². The van der Waals surface area contributed by atoms with Crippen LogP contribution in [0.15, 0.2) is 27.4 Å². The zero-order valence-electron chi connectivity index (χ0n) is 10.7. The molecule has 0 fully saturated rings. The first-order valence-electron chi connectivity index (χ1n) is 5.67. The summed E-state index contributed by atoms with van der Waals surface area (Å²) in [6, 6.07) is 7.79. The lowest BCUT2D eigenvalue weighted by Gasteiger charge is -2.21. The third-order valence-corrected chi connectivity index (χ3v) is 3.11. The minimum absolute atomic E-state index is 0.00454. The Morgan fingerprint density at radius 1 is 1.50 bits per heavy atom. The maximum absolute atomic E-state index is 11.4. The molecule has 1 atom stereocenters. The van der Waals surface area contributed by atoms with Crippen molar-refractivity contribution in [2.75, 3.05) is 14.1 Å². The number of nitriles is 1. The van der Waals surface area contributed by atoms with Gasteiger partial charge in [-0.2, -0.15) is 5.26 Å². The summed E-state index contributed by atoms with van der Waals surface area (Å²) in [6.45, 7) is 0. The Balaban J connectivity index is 2.52. The lowest BCUT2D eigenvalue weighted by molar-refractivity contribution is 0.303. The number of aromatic nitrogens is 1. The molecule has 1 unspecified atom stereocenters. The van der Waals surface area contributed by atoms with Gasteiger partial charge in [0, 0.05) is 13.1 Å². The normalized spacial score (nSPS) is 12.8. The molecule has 2 rings (SSSR count). The number of aryl methyl sites for hydroxylation is 1. The fourth-order valence-electron chi connectivity index (χ4n) is 2.04. The molecule has 5 heteroatoms. The number of fused-ring (bicyclic) bond motifs is 1. The van der Waals surface area contributed by atoms with Crippen LogP contribution in [0.5, 0.6) is 0 Å². The Bertz CT molecular complexity index is 661. The van der Waals surface area contributed by atoms with Crippen LogP contribution in [0.1, 0.15) is 18.0 Å². The van der Waals surface area contributed by atoms with Crippen molar-refractivity contribution in [1.82, 2.24) is 9.47 Å². The van der Waals surface area contributed by atoms with Gasteiger partial charge in [-0.05, 0) is 31.8 Å². The van der Waals surface area contributed by atoms with E-state index in [-0.39, 0.29) is 11.8 Å². The Morgan fingerprint density at radius 3 is 2.83 bits per heavy atom. The molecule has 1 aromatic carbocycles. The van der Waals surface area contributed by atoms with Crippen molar-refractivity contribution < 1.29 is 4.42 Å². The highest BCUT2D eigenvalue weighted by Gasteiger charge is 2.15. The van der Waals surface area contributed by atoms with Crippen LogP contribution in [0.4, 0.5) is 0 Å². The van der Waals surface area contributed by atoms with Gasteiger partial charge < -0.3 is 9.32 Å². The minimum atomic E-state index is -0.371. The summed E-state index contributed by atoms with van der Waals surface area (Å²) in [5.74, 6) is -0.371. The first kappa shape index (κ1) is 12.4. The highest BCUT2D eigenvalue weighted by molar-refractivity contribution is 5.73. The summed E-state index contributed by atoms with van der Waals surface area (Å²) < 4.78 is 6.62. The molecule has 1 heterocycles. The van der Waals surface area contributed by atoms with Gasteiger partial charge in [0.1, 0.15) is 0 Å². The zero-order chi connectivity index (χ0) is 13.3. The molecule has 0 saturated carbocycles. The molecule has 5 nitrogen and oxygen atoms in total. The minimum Gasteiger partial charge on any atom is -0.408 e. The number of hydrogen-bond acceptors (Lipinski definition) is 4. The van der Waals surface area contributed by atoms with E-state index in [0.29, 0.717) is 12.0 Å². The average Bonchev–Trinajstić information content (AvgIpc) is 2.61. The maximum Gasteiger partial charge on any atom is 0.419 e. The van der Waals surface area contributed by atoms with Crippen molar-refractivity contribution in [3.63, 3.8) is 0 Å². The summed E-state index contributed by atoms with van der Waals surface area (Å²) in [5, 5.41) is 8.85. The Labute approximate surface area is 105 Å². The fourth-order valence-corrected chi connectivity index (χ4v) is 2.04. The number of oxazole rings is 1. The fraction of sp³-hybridized carbons (Fsp3) is 0.385. The van der Waals surface area contributed by atoms with Crippen molar-refractivity contribution in [2.45, 2.75) is 12.5 Å². The Hall–Kier alpha value is -2.06. The van der Waals surface area contributed by atoms with Crippen molar-refractivity contribution in [3.8, 4) is 6.07 Å². The number of hydrogen-bond donors (Lipinski definition) is 0. The molecule has 0 saturated heterocycles. The molecule has 0 N–H and O–H groups in total. The highest BCUT2D eigenvalue weighted by atomic mass is 16.4. The van der Waals surface area contributed by atoms with Crippen LogP contribution >= 0.6 is 0 Å². The summed E-state index contributed by atoms with van der Waals surface area (Å²) in [5.41, 5.74) is 2.30. The maximum atomic E-state index is 11.4. The second kappa shape index (κ2) is 4.67. The SMILES string of the molecule is CN(C)C(CC#N)c1ccc2c(c1)oc(=O)n2C. The molecule has 0 aliphatic rings. The van der Waals surface area contributed by atoms with E-state index in [1.165, 1.54) is 4.57 Å². The van der Waals surface area contributed by atoms with E-state index >= 15 is 0 Å². The summed E-state index contributed by atoms with van der Waals surface area (Å²) in [7, 11) is 5.52. The van der Waals surface area contributed by atoms with Crippen molar-refractivity contribution in [3.05, 3.63) is 34.3 Å². The van der Waals surface area contributed by atoms with E-state index in [4.69, 9.17) is 9.68 Å². The van der Waals surface area contributed by atoms with Crippen molar-refractivity contribution >= 4 is 11.1 Å². The first-order valence-corrected chi connectivity index (χ1v) is 5.67. The van der Waals surface area contributed by atoms with Crippen LogP contribution in [0.2, 0.25) is 0 Å². The quantitative estimate of drug-likeness (QED) is 0.824. The summed E-state index contributed by atoms with van der Waals surface area (Å²) in [4.78, 5) is 13.4. The molecule has 0 radical (unpaired) electrons. The van der Waals surface area contributed by atoms with Gasteiger partial charge >= 0.3 is 5.76 Å². The van der Waals surface area contributed by atoms with Crippen molar-refractivity contribution in [2.24, 2.45) is 7.05 Å². The van der Waals surface area contributed by atoms with Gasteiger partial charge in [0.25, 0.3) is 0 Å². The van der Waals surface area contributed by atoms with E-state index in [1.54, 1.807) is 7.05 Å². The molecule has 1 aromatic heterocycles. The second-order valence-electron chi connectivity index (χ2n) is 4.50. The highest BCUT2D eigenvalue weighted by Crippen LogP contribution is 2.24. The molecule has 2 aromatic rings. The predicted molar refractivity (Wildman–Crippen MR) is 68.1 cm³/mol.